The van der Waals surface area contributed by atoms with Crippen molar-refractivity contribution in [2.75, 3.05) is 17.8 Å². The molecule has 1 aliphatic rings. The zero-order valence-corrected chi connectivity index (χ0v) is 21.7. The Kier molecular flexibility index (Phi) is 12.9. The van der Waals surface area contributed by atoms with E-state index in [0.29, 0.717) is 6.61 Å². The van der Waals surface area contributed by atoms with E-state index in [1.54, 1.807) is 5.57 Å². The summed E-state index contributed by atoms with van der Waals surface area (Å²) in [4.78, 5) is 5.70. The summed E-state index contributed by atoms with van der Waals surface area (Å²) in [6.45, 7) is 8.74. The summed E-state index contributed by atoms with van der Waals surface area (Å²) in [7, 11) is 0. The highest BCUT2D eigenvalue weighted by molar-refractivity contribution is 5.79. The molecule has 34 heavy (non-hydrogen) atoms. The monoisotopic (exact) mass is 460 g/mol. The third-order valence-corrected chi connectivity index (χ3v) is 6.13. The quantitative estimate of drug-likeness (QED) is 0.152. The normalized spacial score (nSPS) is 14.9. The third-order valence-electron chi connectivity index (χ3n) is 6.13. The Bertz CT molecular complexity index is 941. The van der Waals surface area contributed by atoms with Crippen LogP contribution in [0.25, 0.3) is 11.1 Å². The van der Waals surface area contributed by atoms with Gasteiger partial charge in [0, 0.05) is 11.3 Å². The minimum Gasteiger partial charge on any atom is -0.398 e. The maximum atomic E-state index is 6.46. The average molecular weight is 461 g/mol. The average Bonchev–Trinajstić information content (AvgIpc) is 2.89. The fourth-order valence-corrected chi connectivity index (χ4v) is 4.15. The molecule has 0 bridgehead atoms. The number of rotatable bonds is 11. The second-order valence-electron chi connectivity index (χ2n) is 8.52. The molecule has 0 spiro atoms. The van der Waals surface area contributed by atoms with Crippen molar-refractivity contribution in [3.63, 3.8) is 0 Å². The van der Waals surface area contributed by atoms with E-state index in [-0.39, 0.29) is 0 Å². The van der Waals surface area contributed by atoms with Crippen LogP contribution in [-0.4, -0.2) is 6.61 Å². The number of unbranched alkanes of at least 4 members (excludes halogenated alkanes) is 4. The van der Waals surface area contributed by atoms with Gasteiger partial charge in [-0.2, -0.15) is 0 Å². The zero-order valence-electron chi connectivity index (χ0n) is 21.7. The molecule has 0 heterocycles. The van der Waals surface area contributed by atoms with Crippen molar-refractivity contribution in [3.8, 4) is 0 Å². The van der Waals surface area contributed by atoms with Gasteiger partial charge in [0.05, 0.1) is 12.3 Å². The molecule has 1 aliphatic carbocycles. The molecule has 3 nitrogen and oxygen atoms in total. The lowest BCUT2D eigenvalue weighted by Gasteiger charge is -2.18. The van der Waals surface area contributed by atoms with E-state index < -0.39 is 0 Å². The Hall–Kier alpha value is -2.78. The SMILES string of the molecule is C/C=C(/CONc1ccccc1)c1ccc(C2=CC/C(=C\CCCCCC)CC2)cc1N.CC. The Balaban J connectivity index is 0.00000199. The maximum Gasteiger partial charge on any atom is 0.1000 e. The predicted octanol–water partition coefficient (Wildman–Crippen LogP) is 9.21. The topological polar surface area (TPSA) is 47.3 Å². The summed E-state index contributed by atoms with van der Waals surface area (Å²) < 4.78 is 0. The fourth-order valence-electron chi connectivity index (χ4n) is 4.15. The molecule has 2 aromatic rings. The number of nitrogen functional groups attached to an aromatic ring is 1. The van der Waals surface area contributed by atoms with E-state index in [0.717, 1.165) is 35.4 Å². The molecule has 2 aromatic carbocycles. The van der Waals surface area contributed by atoms with Crippen molar-refractivity contribution < 1.29 is 4.84 Å². The van der Waals surface area contributed by atoms with Gasteiger partial charge < -0.3 is 5.73 Å². The summed E-state index contributed by atoms with van der Waals surface area (Å²) in [5.41, 5.74) is 17.6. The van der Waals surface area contributed by atoms with Crippen LogP contribution in [0.1, 0.15) is 90.2 Å². The molecule has 0 saturated heterocycles. The molecule has 0 amide bonds. The molecule has 0 aromatic heterocycles. The van der Waals surface area contributed by atoms with Crippen molar-refractivity contribution in [1.82, 2.24) is 0 Å². The number of anilines is 2. The highest BCUT2D eigenvalue weighted by Gasteiger charge is 2.12. The minimum absolute atomic E-state index is 0.448. The first kappa shape index (κ1) is 27.5. The van der Waals surface area contributed by atoms with Gasteiger partial charge in [-0.15, -0.1) is 0 Å². The first-order chi connectivity index (χ1) is 16.7. The van der Waals surface area contributed by atoms with Gasteiger partial charge in [-0.3, -0.25) is 10.3 Å². The second kappa shape index (κ2) is 16.0. The van der Waals surface area contributed by atoms with Gasteiger partial charge in [0.25, 0.3) is 0 Å². The van der Waals surface area contributed by atoms with Crippen LogP contribution in [-0.2, 0) is 4.84 Å². The van der Waals surface area contributed by atoms with Crippen molar-refractivity contribution >= 4 is 22.5 Å². The van der Waals surface area contributed by atoms with Crippen molar-refractivity contribution in [3.05, 3.63) is 83.5 Å². The molecular weight excluding hydrogens is 416 g/mol. The molecule has 0 fully saturated rings. The lowest BCUT2D eigenvalue weighted by atomic mass is 9.88. The van der Waals surface area contributed by atoms with E-state index in [2.05, 4.69) is 48.8 Å². The van der Waals surface area contributed by atoms with Crippen LogP contribution < -0.4 is 11.2 Å². The van der Waals surface area contributed by atoms with Crippen LogP contribution in [0.3, 0.4) is 0 Å². The van der Waals surface area contributed by atoms with E-state index in [1.807, 2.05) is 51.1 Å². The molecular formula is C31H44N2O. The van der Waals surface area contributed by atoms with Gasteiger partial charge in [-0.25, -0.2) is 0 Å². The smallest absolute Gasteiger partial charge is 0.1000 e. The Morgan fingerprint density at radius 2 is 1.82 bits per heavy atom. The van der Waals surface area contributed by atoms with Gasteiger partial charge in [0.2, 0.25) is 0 Å². The third kappa shape index (κ3) is 8.87. The number of hydrogen-bond acceptors (Lipinski definition) is 3. The van der Waals surface area contributed by atoms with Gasteiger partial charge >= 0.3 is 0 Å². The molecule has 184 valence electrons. The standard InChI is InChI=1S/C29H38N2O.C2H6/c1-3-5-6-7-9-12-23-15-17-25(18-16-23)26-19-20-28(29(30)21-26)24(4-2)22-32-31-27-13-10-8-11-14-27;1-2/h4,8,10-14,17,19-21,31H,3,5-7,9,15-16,18,22,30H2,1-2H3;1-2H3/b23-12+,24-4-;. The molecule has 0 atom stereocenters. The van der Waals surface area contributed by atoms with E-state index in [9.17, 15) is 0 Å². The minimum atomic E-state index is 0.448. The van der Waals surface area contributed by atoms with Gasteiger partial charge in [0.1, 0.15) is 0 Å². The predicted molar refractivity (Wildman–Crippen MR) is 151 cm³/mol. The van der Waals surface area contributed by atoms with Crippen LogP contribution in [0.5, 0.6) is 0 Å². The molecule has 0 saturated carbocycles. The number of para-hydroxylation sites is 1. The Morgan fingerprint density at radius 3 is 2.47 bits per heavy atom. The van der Waals surface area contributed by atoms with Crippen molar-refractivity contribution in [2.45, 2.75) is 79.1 Å². The van der Waals surface area contributed by atoms with E-state index in [4.69, 9.17) is 10.6 Å². The summed E-state index contributed by atoms with van der Waals surface area (Å²) in [5.74, 6) is 0. The van der Waals surface area contributed by atoms with Gasteiger partial charge in [-0.05, 0) is 73.9 Å². The maximum absolute atomic E-state index is 6.46. The van der Waals surface area contributed by atoms with E-state index in [1.165, 1.54) is 49.7 Å². The number of nitrogens with two attached hydrogens (primary N) is 1. The first-order valence-corrected chi connectivity index (χ1v) is 13.1. The van der Waals surface area contributed by atoms with Crippen LogP contribution in [0, 0.1) is 0 Å². The van der Waals surface area contributed by atoms with Crippen LogP contribution in [0.15, 0.2) is 72.3 Å². The Labute approximate surface area is 207 Å². The number of allylic oxidation sites excluding steroid dienone is 5. The zero-order chi connectivity index (χ0) is 24.6. The molecule has 0 unspecified atom stereocenters. The van der Waals surface area contributed by atoms with Crippen LogP contribution >= 0.6 is 0 Å². The number of hydrogen-bond donors (Lipinski definition) is 2. The molecule has 0 radical (unpaired) electrons. The summed E-state index contributed by atoms with van der Waals surface area (Å²) >= 11 is 0. The van der Waals surface area contributed by atoms with Crippen LogP contribution in [0.2, 0.25) is 0 Å². The highest BCUT2D eigenvalue weighted by atomic mass is 16.6. The summed E-state index contributed by atoms with van der Waals surface area (Å²) in [6, 6.07) is 16.3. The molecule has 3 N–H and O–H groups in total. The Morgan fingerprint density at radius 1 is 1.03 bits per heavy atom. The largest absolute Gasteiger partial charge is 0.398 e. The number of benzene rings is 2. The van der Waals surface area contributed by atoms with Crippen molar-refractivity contribution in [1.29, 1.82) is 0 Å². The van der Waals surface area contributed by atoms with Crippen LogP contribution in [0.4, 0.5) is 11.4 Å². The lowest BCUT2D eigenvalue weighted by molar-refractivity contribution is 0.234. The van der Waals surface area contributed by atoms with Gasteiger partial charge in [-0.1, -0.05) is 94.2 Å². The lowest BCUT2D eigenvalue weighted by Crippen LogP contribution is -2.06. The first-order valence-electron chi connectivity index (χ1n) is 13.1. The van der Waals surface area contributed by atoms with E-state index >= 15 is 0 Å². The van der Waals surface area contributed by atoms with Gasteiger partial charge in [0.15, 0.2) is 0 Å². The second-order valence-corrected chi connectivity index (χ2v) is 8.52. The number of nitrogens with one attached hydrogen (secondary N) is 1. The van der Waals surface area contributed by atoms with Crippen molar-refractivity contribution in [2.24, 2.45) is 0 Å². The fraction of sp³-hybridized carbons (Fsp3) is 0.419. The highest BCUT2D eigenvalue weighted by Crippen LogP contribution is 2.33. The molecule has 3 heteroatoms. The molecule has 0 aliphatic heterocycles. The molecule has 3 rings (SSSR count). The summed E-state index contributed by atoms with van der Waals surface area (Å²) in [6.07, 6.45) is 16.8. The summed E-state index contributed by atoms with van der Waals surface area (Å²) in [5, 5.41) is 0.